The second-order valence-electron chi connectivity index (χ2n) is 3.41. The largest absolute Gasteiger partial charge is 1.00 e. The van der Waals surface area contributed by atoms with Gasteiger partial charge in [-0.1, -0.05) is 37.3 Å². The normalized spacial score (nSPS) is 9.81. The van der Waals surface area contributed by atoms with Gasteiger partial charge in [-0.25, -0.2) is 0 Å². The van der Waals surface area contributed by atoms with Crippen molar-refractivity contribution < 1.29 is 16.8 Å². The maximum atomic E-state index is 5.71. The molecule has 0 unspecified atom stereocenters. The average Bonchev–Trinajstić information content (AvgIpc) is 2.76. The molecule has 2 rings (SSSR count). The van der Waals surface area contributed by atoms with Crippen LogP contribution in [0.5, 0.6) is 0 Å². The third kappa shape index (κ3) is 3.12. The van der Waals surface area contributed by atoms with Crippen molar-refractivity contribution >= 4 is 0 Å². The Labute approximate surface area is 102 Å². The monoisotopic (exact) mass is 236 g/mol. The van der Waals surface area contributed by atoms with Crippen molar-refractivity contribution in [2.24, 2.45) is 0 Å². The molecule has 16 heavy (non-hydrogen) atoms. The highest BCUT2D eigenvalue weighted by Gasteiger charge is 2.02. The van der Waals surface area contributed by atoms with Crippen molar-refractivity contribution in [3.8, 4) is 11.3 Å². The first-order valence-corrected chi connectivity index (χ1v) is 5.25. The first kappa shape index (κ1) is 12.8. The maximum Gasteiger partial charge on any atom is 0.134 e. The van der Waals surface area contributed by atoms with E-state index in [0.717, 1.165) is 30.2 Å². The third-order valence-electron chi connectivity index (χ3n) is 2.27. The molecule has 86 valence electrons. The van der Waals surface area contributed by atoms with Crippen LogP contribution in [0.2, 0.25) is 0 Å². The van der Waals surface area contributed by atoms with E-state index in [9.17, 15) is 0 Å². The minimum absolute atomic E-state index is 0. The van der Waals surface area contributed by atoms with Crippen molar-refractivity contribution in [1.29, 1.82) is 0 Å². The Balaban J connectivity index is 0.00000128. The molecule has 2 aromatic rings. The number of benzene rings is 1. The van der Waals surface area contributed by atoms with Crippen LogP contribution in [-0.2, 0) is 6.54 Å². The van der Waals surface area contributed by atoms with Gasteiger partial charge in [-0.2, -0.15) is 0 Å². The molecule has 0 amide bonds. The molecule has 1 heterocycles. The molecular weight excluding hydrogens is 222 g/mol. The van der Waals surface area contributed by atoms with E-state index in [2.05, 4.69) is 24.4 Å². The molecule has 0 fully saturated rings. The van der Waals surface area contributed by atoms with Crippen LogP contribution >= 0.6 is 0 Å². The van der Waals surface area contributed by atoms with Gasteiger partial charge < -0.3 is 22.1 Å². The van der Waals surface area contributed by atoms with Gasteiger partial charge >= 0.3 is 0 Å². The van der Waals surface area contributed by atoms with Crippen molar-refractivity contribution in [1.82, 2.24) is 5.32 Å². The maximum absolute atomic E-state index is 5.71. The van der Waals surface area contributed by atoms with Gasteiger partial charge in [0.15, 0.2) is 0 Å². The summed E-state index contributed by atoms with van der Waals surface area (Å²) in [5.74, 6) is 1.92. The third-order valence-corrected chi connectivity index (χ3v) is 2.27. The second kappa shape index (κ2) is 6.36. The van der Waals surface area contributed by atoms with Crippen LogP contribution in [0, 0.1) is 0 Å². The van der Waals surface area contributed by atoms with Crippen molar-refractivity contribution in [3.63, 3.8) is 0 Å². The predicted octanol–water partition coefficient (Wildman–Crippen LogP) is 0.0601. The van der Waals surface area contributed by atoms with E-state index in [1.165, 1.54) is 0 Å². The molecule has 3 heteroatoms. The number of hydrogen-bond acceptors (Lipinski definition) is 2. The molecule has 0 saturated carbocycles. The Morgan fingerprint density at radius 2 is 1.81 bits per heavy atom. The van der Waals surface area contributed by atoms with Crippen molar-refractivity contribution in [2.45, 2.75) is 13.5 Å². The van der Waals surface area contributed by atoms with E-state index in [-0.39, 0.29) is 12.4 Å². The zero-order valence-corrected chi connectivity index (χ0v) is 10.00. The Bertz CT molecular complexity index is 411. The lowest BCUT2D eigenvalue weighted by Crippen LogP contribution is -3.00. The Kier molecular flexibility index (Phi) is 5.09. The summed E-state index contributed by atoms with van der Waals surface area (Å²) in [5, 5.41) is 3.24. The van der Waals surface area contributed by atoms with E-state index in [0.29, 0.717) is 0 Å². The number of halogens is 1. The zero-order valence-electron chi connectivity index (χ0n) is 9.24. The summed E-state index contributed by atoms with van der Waals surface area (Å²) < 4.78 is 5.71. The van der Waals surface area contributed by atoms with Gasteiger partial charge in [0.05, 0.1) is 6.54 Å². The van der Waals surface area contributed by atoms with Gasteiger partial charge in [0.1, 0.15) is 11.5 Å². The minimum Gasteiger partial charge on any atom is -1.00 e. The zero-order chi connectivity index (χ0) is 10.5. The van der Waals surface area contributed by atoms with Crippen LogP contribution in [0.25, 0.3) is 11.3 Å². The Morgan fingerprint density at radius 1 is 1.06 bits per heavy atom. The summed E-state index contributed by atoms with van der Waals surface area (Å²) in [5.41, 5.74) is 1.13. The van der Waals surface area contributed by atoms with Gasteiger partial charge in [-0.05, 0) is 18.7 Å². The van der Waals surface area contributed by atoms with E-state index in [1.54, 1.807) is 0 Å². The summed E-state index contributed by atoms with van der Waals surface area (Å²) in [6.45, 7) is 3.84. The summed E-state index contributed by atoms with van der Waals surface area (Å²) in [6, 6.07) is 14.2. The molecule has 1 N–H and O–H groups in total. The van der Waals surface area contributed by atoms with Gasteiger partial charge in [-0.15, -0.1) is 0 Å². The predicted molar refractivity (Wildman–Crippen MR) is 61.5 cm³/mol. The lowest BCUT2D eigenvalue weighted by Gasteiger charge is -1.98. The highest BCUT2D eigenvalue weighted by molar-refractivity contribution is 5.57. The molecule has 0 aliphatic rings. The second-order valence-corrected chi connectivity index (χ2v) is 3.41. The van der Waals surface area contributed by atoms with Crippen LogP contribution in [0.1, 0.15) is 12.7 Å². The fourth-order valence-electron chi connectivity index (χ4n) is 1.48. The Morgan fingerprint density at radius 3 is 2.50 bits per heavy atom. The van der Waals surface area contributed by atoms with Crippen molar-refractivity contribution in [2.75, 3.05) is 6.54 Å². The highest BCUT2D eigenvalue weighted by Crippen LogP contribution is 2.21. The van der Waals surface area contributed by atoms with E-state index in [4.69, 9.17) is 4.42 Å². The molecule has 1 aromatic carbocycles. The minimum atomic E-state index is 0. The van der Waals surface area contributed by atoms with Crippen LogP contribution < -0.4 is 17.7 Å². The SMILES string of the molecule is CCNCc1ccc(-c2ccccc2)o1.[Cl-]. The fraction of sp³-hybridized carbons (Fsp3) is 0.231. The number of furan rings is 1. The first-order chi connectivity index (χ1) is 7.40. The quantitative estimate of drug-likeness (QED) is 0.812. The molecule has 0 aliphatic carbocycles. The van der Waals surface area contributed by atoms with E-state index in [1.807, 2.05) is 30.3 Å². The summed E-state index contributed by atoms with van der Waals surface area (Å²) in [6.07, 6.45) is 0. The smallest absolute Gasteiger partial charge is 0.134 e. The highest BCUT2D eigenvalue weighted by atomic mass is 35.5. The summed E-state index contributed by atoms with van der Waals surface area (Å²) in [7, 11) is 0. The van der Waals surface area contributed by atoms with Crippen molar-refractivity contribution in [3.05, 3.63) is 48.2 Å². The average molecular weight is 237 g/mol. The van der Waals surface area contributed by atoms with Crippen LogP contribution in [0.3, 0.4) is 0 Å². The van der Waals surface area contributed by atoms with Gasteiger partial charge in [-0.3, -0.25) is 0 Å². The lowest BCUT2D eigenvalue weighted by atomic mass is 10.2. The fourth-order valence-corrected chi connectivity index (χ4v) is 1.48. The molecular formula is C13H15ClNO-. The van der Waals surface area contributed by atoms with Gasteiger partial charge in [0.25, 0.3) is 0 Å². The lowest BCUT2D eigenvalue weighted by molar-refractivity contribution is -0.00000366. The van der Waals surface area contributed by atoms with Crippen LogP contribution in [-0.4, -0.2) is 6.54 Å². The number of hydrogen-bond donors (Lipinski definition) is 1. The molecule has 1 aromatic heterocycles. The topological polar surface area (TPSA) is 25.2 Å². The van der Waals surface area contributed by atoms with Crippen LogP contribution in [0.15, 0.2) is 46.9 Å². The molecule has 0 saturated heterocycles. The first-order valence-electron chi connectivity index (χ1n) is 5.25. The van der Waals surface area contributed by atoms with Gasteiger partial charge in [0, 0.05) is 5.56 Å². The van der Waals surface area contributed by atoms with E-state index < -0.39 is 0 Å². The van der Waals surface area contributed by atoms with Gasteiger partial charge in [0.2, 0.25) is 0 Å². The molecule has 0 atom stereocenters. The standard InChI is InChI=1S/C13H15NO.ClH/c1-2-14-10-12-8-9-13(15-12)11-6-4-3-5-7-11;/h3-9,14H,2,10H2,1H3;1H/p-1. The van der Waals surface area contributed by atoms with E-state index >= 15 is 0 Å². The molecule has 0 spiro atoms. The van der Waals surface area contributed by atoms with Crippen LogP contribution in [0.4, 0.5) is 0 Å². The number of nitrogens with one attached hydrogen (secondary N) is 1. The molecule has 0 aliphatic heterocycles. The Hall–Kier alpha value is -1.25. The molecule has 0 bridgehead atoms. The number of rotatable bonds is 4. The molecule has 0 radical (unpaired) electrons. The summed E-state index contributed by atoms with van der Waals surface area (Å²) in [4.78, 5) is 0. The molecule has 2 nitrogen and oxygen atoms in total. The summed E-state index contributed by atoms with van der Waals surface area (Å²) >= 11 is 0.